The maximum atomic E-state index is 11.5. The predicted molar refractivity (Wildman–Crippen MR) is 69.3 cm³/mol. The summed E-state index contributed by atoms with van der Waals surface area (Å²) >= 11 is 0. The van der Waals surface area contributed by atoms with Crippen LogP contribution >= 0.6 is 0 Å². The molecular formula is C14H22O3. The van der Waals surface area contributed by atoms with E-state index in [9.17, 15) is 4.79 Å². The summed E-state index contributed by atoms with van der Waals surface area (Å²) < 4.78 is 10.1. The fourth-order valence-corrected chi connectivity index (χ4v) is 1.19. The van der Waals surface area contributed by atoms with E-state index in [1.54, 1.807) is 6.07 Å². The average molecular weight is 238 g/mol. The number of ether oxygens (including phenoxy) is 2. The zero-order valence-electron chi connectivity index (χ0n) is 11.2. The topological polar surface area (TPSA) is 35.5 Å². The lowest BCUT2D eigenvalue weighted by Gasteiger charge is -2.05. The van der Waals surface area contributed by atoms with Gasteiger partial charge in [0.15, 0.2) is 0 Å². The summed E-state index contributed by atoms with van der Waals surface area (Å²) in [5.74, 6) is -0.293. The smallest absolute Gasteiger partial charge is 0.338 e. The molecule has 17 heavy (non-hydrogen) atoms. The van der Waals surface area contributed by atoms with Gasteiger partial charge in [0.2, 0.25) is 0 Å². The molecule has 1 aromatic carbocycles. The first-order valence-corrected chi connectivity index (χ1v) is 6.05. The average Bonchev–Trinajstić information content (AvgIpc) is 2.37. The largest absolute Gasteiger partial charge is 0.460 e. The molecule has 0 fully saturated rings. The first kappa shape index (κ1) is 15.7. The zero-order chi connectivity index (χ0) is 13.1. The summed E-state index contributed by atoms with van der Waals surface area (Å²) in [6.45, 7) is 9.25. The van der Waals surface area contributed by atoms with Crippen molar-refractivity contribution in [3.8, 4) is 0 Å². The van der Waals surface area contributed by atoms with E-state index in [4.69, 9.17) is 9.47 Å². The van der Waals surface area contributed by atoms with Crippen molar-refractivity contribution in [2.45, 2.75) is 27.7 Å². The van der Waals surface area contributed by atoms with E-state index in [1.165, 1.54) is 0 Å². The number of hydrogen-bond acceptors (Lipinski definition) is 3. The Morgan fingerprint density at radius 3 is 2.53 bits per heavy atom. The second-order valence-electron chi connectivity index (χ2n) is 3.20. The van der Waals surface area contributed by atoms with Gasteiger partial charge in [0.05, 0.1) is 12.2 Å². The van der Waals surface area contributed by atoms with Gasteiger partial charge < -0.3 is 9.47 Å². The fraction of sp³-hybridized carbons (Fsp3) is 0.500. The highest BCUT2D eigenvalue weighted by Crippen LogP contribution is 2.05. The highest BCUT2D eigenvalue weighted by atomic mass is 16.6. The summed E-state index contributed by atoms with van der Waals surface area (Å²) in [6, 6.07) is 7.34. The molecule has 0 unspecified atom stereocenters. The van der Waals surface area contributed by atoms with Gasteiger partial charge in [0.1, 0.15) is 6.61 Å². The number of carbonyl (C=O) groups is 1. The molecular weight excluding hydrogens is 216 g/mol. The molecule has 96 valence electrons. The van der Waals surface area contributed by atoms with Crippen LogP contribution < -0.4 is 0 Å². The standard InChI is InChI=1S/C12H16O3.C2H6/c1-3-14-7-8-15-12(13)11-6-4-5-10(2)9-11;1-2/h4-6,9H,3,7-8H2,1-2H3;1-2H3. The first-order chi connectivity index (χ1) is 8.24. The van der Waals surface area contributed by atoms with Crippen LogP contribution in [0, 0.1) is 6.92 Å². The lowest BCUT2D eigenvalue weighted by atomic mass is 10.1. The Morgan fingerprint density at radius 2 is 1.94 bits per heavy atom. The SMILES string of the molecule is CC.CCOCCOC(=O)c1cccc(C)c1. The van der Waals surface area contributed by atoms with Gasteiger partial charge >= 0.3 is 5.97 Å². The van der Waals surface area contributed by atoms with Crippen molar-refractivity contribution in [3.63, 3.8) is 0 Å². The van der Waals surface area contributed by atoms with Crippen LogP contribution in [-0.4, -0.2) is 25.8 Å². The molecule has 1 aromatic rings. The molecule has 0 aliphatic carbocycles. The summed E-state index contributed by atoms with van der Waals surface area (Å²) in [4.78, 5) is 11.5. The lowest BCUT2D eigenvalue weighted by Crippen LogP contribution is -2.10. The molecule has 0 atom stereocenters. The van der Waals surface area contributed by atoms with Gasteiger partial charge in [-0.15, -0.1) is 0 Å². The minimum Gasteiger partial charge on any atom is -0.460 e. The summed E-state index contributed by atoms with van der Waals surface area (Å²) in [6.07, 6.45) is 0. The molecule has 0 amide bonds. The Labute approximate surface area is 104 Å². The molecule has 0 saturated heterocycles. The van der Waals surface area contributed by atoms with Crippen molar-refractivity contribution in [2.75, 3.05) is 19.8 Å². The Bertz CT molecular complexity index is 321. The molecule has 0 aliphatic heterocycles. The second kappa shape index (κ2) is 9.85. The van der Waals surface area contributed by atoms with Crippen LogP contribution in [-0.2, 0) is 9.47 Å². The van der Waals surface area contributed by atoms with Crippen LogP contribution in [0.2, 0.25) is 0 Å². The molecule has 1 rings (SSSR count). The third kappa shape index (κ3) is 6.74. The maximum Gasteiger partial charge on any atom is 0.338 e. The van der Waals surface area contributed by atoms with Crippen LogP contribution in [0.1, 0.15) is 36.7 Å². The first-order valence-electron chi connectivity index (χ1n) is 6.05. The Kier molecular flexibility index (Phi) is 9.06. The van der Waals surface area contributed by atoms with Gasteiger partial charge in [-0.05, 0) is 26.0 Å². The van der Waals surface area contributed by atoms with Crippen molar-refractivity contribution >= 4 is 5.97 Å². The van der Waals surface area contributed by atoms with E-state index in [-0.39, 0.29) is 5.97 Å². The normalized spacial score (nSPS) is 9.18. The maximum absolute atomic E-state index is 11.5. The van der Waals surface area contributed by atoms with Crippen LogP contribution in [0.5, 0.6) is 0 Å². The Morgan fingerprint density at radius 1 is 1.24 bits per heavy atom. The Hall–Kier alpha value is -1.35. The molecule has 3 nitrogen and oxygen atoms in total. The zero-order valence-corrected chi connectivity index (χ0v) is 11.2. The van der Waals surface area contributed by atoms with Gasteiger partial charge in [-0.25, -0.2) is 4.79 Å². The number of benzene rings is 1. The number of carbonyl (C=O) groups excluding carboxylic acids is 1. The van der Waals surface area contributed by atoms with Crippen molar-refractivity contribution in [1.82, 2.24) is 0 Å². The van der Waals surface area contributed by atoms with Gasteiger partial charge in [0.25, 0.3) is 0 Å². The third-order valence-corrected chi connectivity index (χ3v) is 1.92. The van der Waals surface area contributed by atoms with E-state index >= 15 is 0 Å². The quantitative estimate of drug-likeness (QED) is 0.583. The third-order valence-electron chi connectivity index (χ3n) is 1.92. The molecule has 0 bridgehead atoms. The molecule has 0 aliphatic rings. The van der Waals surface area contributed by atoms with Crippen LogP contribution in [0.3, 0.4) is 0 Å². The Balaban J connectivity index is 0.00000121. The molecule has 3 heteroatoms. The molecule has 0 radical (unpaired) electrons. The van der Waals surface area contributed by atoms with E-state index in [0.29, 0.717) is 25.4 Å². The summed E-state index contributed by atoms with van der Waals surface area (Å²) in [5, 5.41) is 0. The van der Waals surface area contributed by atoms with Crippen molar-refractivity contribution in [3.05, 3.63) is 35.4 Å². The van der Waals surface area contributed by atoms with Crippen molar-refractivity contribution < 1.29 is 14.3 Å². The fourth-order valence-electron chi connectivity index (χ4n) is 1.19. The molecule has 0 N–H and O–H groups in total. The molecule has 0 aromatic heterocycles. The van der Waals surface area contributed by atoms with Gasteiger partial charge in [0, 0.05) is 6.61 Å². The molecule has 0 saturated carbocycles. The van der Waals surface area contributed by atoms with E-state index in [2.05, 4.69) is 0 Å². The predicted octanol–water partition coefficient (Wildman–Crippen LogP) is 3.21. The van der Waals surface area contributed by atoms with Gasteiger partial charge in [-0.3, -0.25) is 0 Å². The highest BCUT2D eigenvalue weighted by molar-refractivity contribution is 5.89. The molecule has 0 heterocycles. The van der Waals surface area contributed by atoms with Crippen LogP contribution in [0.25, 0.3) is 0 Å². The number of rotatable bonds is 5. The monoisotopic (exact) mass is 238 g/mol. The van der Waals surface area contributed by atoms with E-state index < -0.39 is 0 Å². The van der Waals surface area contributed by atoms with Crippen molar-refractivity contribution in [2.24, 2.45) is 0 Å². The van der Waals surface area contributed by atoms with Crippen molar-refractivity contribution in [1.29, 1.82) is 0 Å². The molecule has 0 spiro atoms. The van der Waals surface area contributed by atoms with Gasteiger partial charge in [-0.1, -0.05) is 31.5 Å². The van der Waals surface area contributed by atoms with Crippen LogP contribution in [0.15, 0.2) is 24.3 Å². The minimum absolute atomic E-state index is 0.293. The van der Waals surface area contributed by atoms with E-state index in [1.807, 2.05) is 45.9 Å². The van der Waals surface area contributed by atoms with E-state index in [0.717, 1.165) is 5.56 Å². The van der Waals surface area contributed by atoms with Crippen LogP contribution in [0.4, 0.5) is 0 Å². The summed E-state index contributed by atoms with van der Waals surface area (Å²) in [5.41, 5.74) is 1.64. The number of hydrogen-bond donors (Lipinski definition) is 0. The highest BCUT2D eigenvalue weighted by Gasteiger charge is 2.05. The second-order valence-corrected chi connectivity index (χ2v) is 3.20. The lowest BCUT2D eigenvalue weighted by molar-refractivity contribution is 0.0335. The summed E-state index contributed by atoms with van der Waals surface area (Å²) in [7, 11) is 0. The van der Waals surface area contributed by atoms with Gasteiger partial charge in [-0.2, -0.15) is 0 Å². The number of esters is 1. The number of aryl methyl sites for hydroxylation is 1. The minimum atomic E-state index is -0.293.